The van der Waals surface area contributed by atoms with Gasteiger partial charge in [-0.1, -0.05) is 30.3 Å². The second kappa shape index (κ2) is 10.8. The fourth-order valence-electron chi connectivity index (χ4n) is 3.84. The van der Waals surface area contributed by atoms with Gasteiger partial charge in [0, 0.05) is 23.7 Å². The summed E-state index contributed by atoms with van der Waals surface area (Å²) >= 11 is 0. The highest BCUT2D eigenvalue weighted by Crippen LogP contribution is 2.25. The Balaban J connectivity index is 1.82. The number of hydrogen-bond acceptors (Lipinski definition) is 5. The van der Waals surface area contributed by atoms with Crippen LogP contribution in [-0.4, -0.2) is 34.5 Å². The number of nitrogens with two attached hydrogens (primary N) is 1. The molecule has 0 spiro atoms. The van der Waals surface area contributed by atoms with E-state index in [1.807, 2.05) is 55.5 Å². The van der Waals surface area contributed by atoms with Crippen LogP contribution in [0.2, 0.25) is 0 Å². The van der Waals surface area contributed by atoms with E-state index in [1.54, 1.807) is 0 Å². The summed E-state index contributed by atoms with van der Waals surface area (Å²) in [6.45, 7) is 3.73. The second-order valence-electron chi connectivity index (χ2n) is 7.94. The maximum absolute atomic E-state index is 12.7. The molecule has 0 aliphatic carbocycles. The number of aryl methyl sites for hydroxylation is 1. The predicted octanol–water partition coefficient (Wildman–Crippen LogP) is 2.81. The third-order valence-corrected chi connectivity index (χ3v) is 5.29. The zero-order valence-corrected chi connectivity index (χ0v) is 18.5. The Morgan fingerprint density at radius 1 is 1.12 bits per heavy atom. The van der Waals surface area contributed by atoms with Crippen LogP contribution in [0.4, 0.5) is 5.69 Å². The highest BCUT2D eigenvalue weighted by molar-refractivity contribution is 5.97. The lowest BCUT2D eigenvalue weighted by atomic mass is 9.99. The summed E-state index contributed by atoms with van der Waals surface area (Å²) in [6.07, 6.45) is 1.75. The molecule has 3 aromatic rings. The standard InChI is InChI=1S/C25H30N4O3/c1-16-12-20(15-30)22-9-4-7-19(24(22)27-16)13-18-6-3-8-21(14-18)29-25(32)23(10-5-11-26)28-17(2)31/h3-4,6-9,12,14,23,30H,5,10-11,13,15,26H2,1-2H3,(H,28,31)(H,29,32)/t23-/m0/s1. The van der Waals surface area contributed by atoms with Crippen molar-refractivity contribution in [2.24, 2.45) is 5.73 Å². The molecule has 1 aromatic heterocycles. The zero-order chi connectivity index (χ0) is 23.1. The monoisotopic (exact) mass is 434 g/mol. The Morgan fingerprint density at radius 3 is 2.62 bits per heavy atom. The first-order chi connectivity index (χ1) is 15.4. The van der Waals surface area contributed by atoms with E-state index in [9.17, 15) is 14.7 Å². The van der Waals surface area contributed by atoms with E-state index >= 15 is 0 Å². The third-order valence-electron chi connectivity index (χ3n) is 5.29. The number of benzene rings is 2. The summed E-state index contributed by atoms with van der Waals surface area (Å²) in [5, 5.41) is 16.2. The van der Waals surface area contributed by atoms with E-state index in [1.165, 1.54) is 6.92 Å². The van der Waals surface area contributed by atoms with Crippen molar-refractivity contribution in [3.8, 4) is 0 Å². The lowest BCUT2D eigenvalue weighted by molar-refractivity contribution is -0.125. The van der Waals surface area contributed by atoms with E-state index in [0.29, 0.717) is 31.5 Å². The van der Waals surface area contributed by atoms with Crippen molar-refractivity contribution in [2.45, 2.75) is 45.8 Å². The van der Waals surface area contributed by atoms with Gasteiger partial charge >= 0.3 is 0 Å². The summed E-state index contributed by atoms with van der Waals surface area (Å²) in [5.41, 5.74) is 10.9. The largest absolute Gasteiger partial charge is 0.392 e. The van der Waals surface area contributed by atoms with Crippen LogP contribution >= 0.6 is 0 Å². The minimum Gasteiger partial charge on any atom is -0.392 e. The average molecular weight is 435 g/mol. The average Bonchev–Trinajstić information content (AvgIpc) is 2.76. The first kappa shape index (κ1) is 23.4. The maximum atomic E-state index is 12.7. The smallest absolute Gasteiger partial charge is 0.246 e. The van der Waals surface area contributed by atoms with Gasteiger partial charge < -0.3 is 21.5 Å². The number of para-hydroxylation sites is 1. The molecule has 0 fully saturated rings. The van der Waals surface area contributed by atoms with E-state index in [2.05, 4.69) is 10.6 Å². The van der Waals surface area contributed by atoms with Crippen molar-refractivity contribution in [3.05, 3.63) is 70.9 Å². The van der Waals surface area contributed by atoms with Crippen molar-refractivity contribution in [1.29, 1.82) is 0 Å². The molecular weight excluding hydrogens is 404 g/mol. The lowest BCUT2D eigenvalue weighted by Crippen LogP contribution is -2.43. The molecule has 2 aromatic carbocycles. The molecular formula is C25H30N4O3. The Hall–Kier alpha value is -3.29. The van der Waals surface area contributed by atoms with Crippen LogP contribution in [0.25, 0.3) is 10.9 Å². The molecule has 0 radical (unpaired) electrons. The number of carbonyl (C=O) groups is 2. The summed E-state index contributed by atoms with van der Waals surface area (Å²) < 4.78 is 0. The number of hydrogen-bond donors (Lipinski definition) is 4. The van der Waals surface area contributed by atoms with E-state index < -0.39 is 6.04 Å². The van der Waals surface area contributed by atoms with Crippen LogP contribution < -0.4 is 16.4 Å². The normalized spacial score (nSPS) is 11.9. The maximum Gasteiger partial charge on any atom is 0.246 e. The SMILES string of the molecule is CC(=O)N[C@@H](CCCN)C(=O)Nc1cccc(Cc2cccc3c(CO)cc(C)nc23)c1. The van der Waals surface area contributed by atoms with E-state index in [0.717, 1.165) is 33.3 Å². The molecule has 1 atom stereocenters. The molecule has 32 heavy (non-hydrogen) atoms. The number of amides is 2. The summed E-state index contributed by atoms with van der Waals surface area (Å²) in [7, 11) is 0. The van der Waals surface area contributed by atoms with Gasteiger partial charge in [-0.15, -0.1) is 0 Å². The van der Waals surface area contributed by atoms with Gasteiger partial charge in [0.1, 0.15) is 6.04 Å². The molecule has 3 rings (SSSR count). The molecule has 7 nitrogen and oxygen atoms in total. The van der Waals surface area contributed by atoms with Gasteiger partial charge in [-0.2, -0.15) is 0 Å². The fourth-order valence-corrected chi connectivity index (χ4v) is 3.84. The summed E-state index contributed by atoms with van der Waals surface area (Å²) in [5.74, 6) is -0.516. The Labute approximate surface area is 188 Å². The minimum absolute atomic E-state index is 0.0373. The van der Waals surface area contributed by atoms with Gasteiger partial charge in [0.25, 0.3) is 0 Å². The summed E-state index contributed by atoms with van der Waals surface area (Å²) in [4.78, 5) is 28.9. The van der Waals surface area contributed by atoms with Crippen molar-refractivity contribution in [1.82, 2.24) is 10.3 Å². The molecule has 2 amide bonds. The first-order valence-corrected chi connectivity index (χ1v) is 10.8. The topological polar surface area (TPSA) is 117 Å². The number of carbonyl (C=O) groups excluding carboxylic acids is 2. The second-order valence-corrected chi connectivity index (χ2v) is 7.94. The molecule has 1 heterocycles. The van der Waals surface area contributed by atoms with Gasteiger partial charge in [0.2, 0.25) is 11.8 Å². The lowest BCUT2D eigenvalue weighted by Gasteiger charge is -2.17. The molecule has 0 bridgehead atoms. The van der Waals surface area contributed by atoms with E-state index in [4.69, 9.17) is 10.7 Å². The number of fused-ring (bicyclic) bond motifs is 1. The van der Waals surface area contributed by atoms with Gasteiger partial charge in [-0.3, -0.25) is 14.6 Å². The highest BCUT2D eigenvalue weighted by Gasteiger charge is 2.19. The number of aliphatic hydroxyl groups is 1. The predicted molar refractivity (Wildman–Crippen MR) is 126 cm³/mol. The molecule has 0 aliphatic heterocycles. The van der Waals surface area contributed by atoms with Gasteiger partial charge in [-0.05, 0) is 67.6 Å². The van der Waals surface area contributed by atoms with Crippen molar-refractivity contribution < 1.29 is 14.7 Å². The number of pyridine rings is 1. The van der Waals surface area contributed by atoms with Crippen LogP contribution in [0.1, 0.15) is 42.1 Å². The van der Waals surface area contributed by atoms with Crippen LogP contribution in [0.3, 0.4) is 0 Å². The first-order valence-electron chi connectivity index (χ1n) is 10.8. The number of anilines is 1. The number of rotatable bonds is 9. The minimum atomic E-state index is -0.623. The Bertz CT molecular complexity index is 1110. The number of nitrogens with zero attached hydrogens (tertiary/aromatic N) is 1. The van der Waals surface area contributed by atoms with Crippen LogP contribution in [0.5, 0.6) is 0 Å². The van der Waals surface area contributed by atoms with Crippen LogP contribution in [0, 0.1) is 6.92 Å². The zero-order valence-electron chi connectivity index (χ0n) is 18.5. The van der Waals surface area contributed by atoms with Crippen LogP contribution in [-0.2, 0) is 22.6 Å². The molecule has 168 valence electrons. The molecule has 0 aliphatic rings. The summed E-state index contributed by atoms with van der Waals surface area (Å²) in [6, 6.07) is 14.9. The van der Waals surface area contributed by atoms with Gasteiger partial charge in [0.15, 0.2) is 0 Å². The molecule has 0 saturated heterocycles. The molecule has 0 unspecified atom stereocenters. The van der Waals surface area contributed by atoms with Gasteiger partial charge in [-0.25, -0.2) is 0 Å². The van der Waals surface area contributed by atoms with E-state index in [-0.39, 0.29) is 18.4 Å². The van der Waals surface area contributed by atoms with Crippen molar-refractivity contribution in [2.75, 3.05) is 11.9 Å². The molecule has 7 heteroatoms. The molecule has 5 N–H and O–H groups in total. The number of aromatic nitrogens is 1. The Morgan fingerprint density at radius 2 is 1.91 bits per heavy atom. The van der Waals surface area contributed by atoms with Crippen molar-refractivity contribution >= 4 is 28.4 Å². The van der Waals surface area contributed by atoms with Crippen molar-refractivity contribution in [3.63, 3.8) is 0 Å². The molecule has 0 saturated carbocycles. The Kier molecular flexibility index (Phi) is 7.92. The number of nitrogens with one attached hydrogen (secondary N) is 2. The van der Waals surface area contributed by atoms with Gasteiger partial charge in [0.05, 0.1) is 12.1 Å². The third kappa shape index (κ3) is 5.90. The van der Waals surface area contributed by atoms with Crippen LogP contribution in [0.15, 0.2) is 48.5 Å². The number of aliphatic hydroxyl groups excluding tert-OH is 1. The quantitative estimate of drug-likeness (QED) is 0.413. The highest BCUT2D eigenvalue weighted by atomic mass is 16.3. The fraction of sp³-hybridized carbons (Fsp3) is 0.320.